The van der Waals surface area contributed by atoms with Crippen molar-refractivity contribution in [2.45, 2.75) is 65.8 Å². The predicted octanol–water partition coefficient (Wildman–Crippen LogP) is 2.07. The molecule has 0 rings (SSSR count). The topological polar surface area (TPSA) is 49.4 Å². The first-order valence-electron chi connectivity index (χ1n) is 6.83. The van der Waals surface area contributed by atoms with E-state index in [9.17, 15) is 8.42 Å². The summed E-state index contributed by atoms with van der Waals surface area (Å²) in [5.74, 6) is 0.340. The predicted molar refractivity (Wildman–Crippen MR) is 78.2 cm³/mol. The summed E-state index contributed by atoms with van der Waals surface area (Å²) < 4.78 is 26.6. The molecule has 0 aromatic heterocycles. The molecule has 0 aliphatic rings. The molecule has 0 amide bonds. The first kappa shape index (κ1) is 17.9. The zero-order chi connectivity index (χ0) is 14.5. The fourth-order valence-electron chi connectivity index (χ4n) is 1.71. The monoisotopic (exact) mass is 278 g/mol. The number of hydrogen-bond donors (Lipinski definition) is 1. The molecule has 1 atom stereocenters. The van der Waals surface area contributed by atoms with Crippen molar-refractivity contribution in [1.29, 1.82) is 0 Å². The molecule has 0 aliphatic carbocycles. The molecule has 0 saturated heterocycles. The van der Waals surface area contributed by atoms with E-state index in [4.69, 9.17) is 0 Å². The van der Waals surface area contributed by atoms with Gasteiger partial charge in [-0.1, -0.05) is 27.7 Å². The average molecular weight is 278 g/mol. The SMILES string of the molecule is CC(C)CN(C(C)C)S(=O)(=O)C(C)CNC(C)C. The Morgan fingerprint density at radius 2 is 1.50 bits per heavy atom. The van der Waals surface area contributed by atoms with Gasteiger partial charge in [-0.25, -0.2) is 8.42 Å². The summed E-state index contributed by atoms with van der Waals surface area (Å²) in [6.07, 6.45) is 0. The Kier molecular flexibility index (Phi) is 7.40. The molecule has 5 heteroatoms. The van der Waals surface area contributed by atoms with Crippen LogP contribution < -0.4 is 5.32 Å². The van der Waals surface area contributed by atoms with Gasteiger partial charge in [-0.15, -0.1) is 0 Å². The van der Waals surface area contributed by atoms with Crippen LogP contribution in [0.3, 0.4) is 0 Å². The summed E-state index contributed by atoms with van der Waals surface area (Å²) in [4.78, 5) is 0. The highest BCUT2D eigenvalue weighted by Gasteiger charge is 2.30. The van der Waals surface area contributed by atoms with E-state index in [2.05, 4.69) is 5.32 Å². The highest BCUT2D eigenvalue weighted by molar-refractivity contribution is 7.89. The van der Waals surface area contributed by atoms with Crippen molar-refractivity contribution in [3.63, 3.8) is 0 Å². The van der Waals surface area contributed by atoms with E-state index < -0.39 is 10.0 Å². The zero-order valence-electron chi connectivity index (χ0n) is 12.9. The van der Waals surface area contributed by atoms with Crippen molar-refractivity contribution in [2.24, 2.45) is 5.92 Å². The van der Waals surface area contributed by atoms with Crippen molar-refractivity contribution in [3.8, 4) is 0 Å². The molecular formula is C13H30N2O2S. The molecule has 1 N–H and O–H groups in total. The average Bonchev–Trinajstić information content (AvgIpc) is 2.21. The first-order chi connectivity index (χ1) is 8.09. The van der Waals surface area contributed by atoms with Crippen molar-refractivity contribution >= 4 is 10.0 Å². The van der Waals surface area contributed by atoms with Gasteiger partial charge in [-0.05, 0) is 26.7 Å². The second-order valence-electron chi connectivity index (χ2n) is 5.98. The minimum Gasteiger partial charge on any atom is -0.313 e. The van der Waals surface area contributed by atoms with Gasteiger partial charge in [-0.2, -0.15) is 4.31 Å². The zero-order valence-corrected chi connectivity index (χ0v) is 13.7. The number of nitrogens with one attached hydrogen (secondary N) is 1. The summed E-state index contributed by atoms with van der Waals surface area (Å²) >= 11 is 0. The minimum absolute atomic E-state index is 0.0129. The lowest BCUT2D eigenvalue weighted by atomic mass is 10.2. The molecule has 0 fully saturated rings. The van der Waals surface area contributed by atoms with Gasteiger partial charge in [0.25, 0.3) is 0 Å². The molecule has 110 valence electrons. The van der Waals surface area contributed by atoms with Crippen LogP contribution in [0.15, 0.2) is 0 Å². The summed E-state index contributed by atoms with van der Waals surface area (Å²) in [5.41, 5.74) is 0. The van der Waals surface area contributed by atoms with Crippen LogP contribution in [0.5, 0.6) is 0 Å². The van der Waals surface area contributed by atoms with Crippen LogP contribution >= 0.6 is 0 Å². The smallest absolute Gasteiger partial charge is 0.218 e. The van der Waals surface area contributed by atoms with Gasteiger partial charge in [0, 0.05) is 25.2 Å². The fraction of sp³-hybridized carbons (Fsp3) is 1.00. The van der Waals surface area contributed by atoms with Crippen molar-refractivity contribution in [2.75, 3.05) is 13.1 Å². The third kappa shape index (κ3) is 5.67. The Balaban J connectivity index is 4.83. The summed E-state index contributed by atoms with van der Waals surface area (Å²) in [7, 11) is -3.22. The highest BCUT2D eigenvalue weighted by Crippen LogP contribution is 2.15. The van der Waals surface area contributed by atoms with E-state index in [1.54, 1.807) is 11.2 Å². The van der Waals surface area contributed by atoms with E-state index in [0.29, 0.717) is 25.0 Å². The standard InChI is InChI=1S/C13H30N2O2S/c1-10(2)9-15(12(5)6)18(16,17)13(7)8-14-11(3)4/h10-14H,8-9H2,1-7H3. The molecule has 18 heavy (non-hydrogen) atoms. The van der Waals surface area contributed by atoms with E-state index >= 15 is 0 Å². The normalized spacial score (nSPS) is 15.1. The Morgan fingerprint density at radius 1 is 1.00 bits per heavy atom. The van der Waals surface area contributed by atoms with Crippen LogP contribution in [0.2, 0.25) is 0 Å². The number of hydrogen-bond acceptors (Lipinski definition) is 3. The van der Waals surface area contributed by atoms with Crippen LogP contribution in [0.1, 0.15) is 48.5 Å². The molecule has 0 radical (unpaired) electrons. The molecule has 0 bridgehead atoms. The lowest BCUT2D eigenvalue weighted by molar-refractivity contribution is 0.314. The van der Waals surface area contributed by atoms with Gasteiger partial charge < -0.3 is 5.32 Å². The lowest BCUT2D eigenvalue weighted by Crippen LogP contribution is -2.47. The molecule has 0 aromatic carbocycles. The molecule has 0 saturated carbocycles. The minimum atomic E-state index is -3.22. The van der Waals surface area contributed by atoms with Crippen LogP contribution in [0, 0.1) is 5.92 Å². The lowest BCUT2D eigenvalue weighted by Gasteiger charge is -2.30. The van der Waals surface area contributed by atoms with Crippen molar-refractivity contribution < 1.29 is 8.42 Å². The molecule has 1 unspecified atom stereocenters. The van der Waals surface area contributed by atoms with E-state index in [1.165, 1.54) is 0 Å². The van der Waals surface area contributed by atoms with Crippen LogP contribution in [-0.4, -0.2) is 43.1 Å². The van der Waals surface area contributed by atoms with E-state index in [-0.39, 0.29) is 11.3 Å². The van der Waals surface area contributed by atoms with Crippen LogP contribution in [0.4, 0.5) is 0 Å². The first-order valence-corrected chi connectivity index (χ1v) is 8.33. The van der Waals surface area contributed by atoms with Crippen LogP contribution in [-0.2, 0) is 10.0 Å². The number of sulfonamides is 1. The fourth-order valence-corrected chi connectivity index (χ4v) is 3.57. The molecule has 4 nitrogen and oxygen atoms in total. The van der Waals surface area contributed by atoms with Gasteiger partial charge >= 0.3 is 0 Å². The largest absolute Gasteiger partial charge is 0.313 e. The molecular weight excluding hydrogens is 248 g/mol. The van der Waals surface area contributed by atoms with E-state index in [0.717, 1.165) is 0 Å². The van der Waals surface area contributed by atoms with E-state index in [1.807, 2.05) is 41.5 Å². The Hall–Kier alpha value is -0.130. The third-order valence-electron chi connectivity index (χ3n) is 2.77. The number of rotatable bonds is 8. The maximum absolute atomic E-state index is 12.5. The van der Waals surface area contributed by atoms with Gasteiger partial charge in [0.15, 0.2) is 0 Å². The Morgan fingerprint density at radius 3 is 1.83 bits per heavy atom. The molecule has 0 aromatic rings. The van der Waals surface area contributed by atoms with Crippen LogP contribution in [0.25, 0.3) is 0 Å². The van der Waals surface area contributed by atoms with Crippen molar-refractivity contribution in [3.05, 3.63) is 0 Å². The quantitative estimate of drug-likeness (QED) is 0.739. The maximum atomic E-state index is 12.5. The second-order valence-corrected chi connectivity index (χ2v) is 8.28. The molecule has 0 aliphatic heterocycles. The second kappa shape index (κ2) is 7.46. The maximum Gasteiger partial charge on any atom is 0.218 e. The van der Waals surface area contributed by atoms with Gasteiger partial charge in [0.1, 0.15) is 0 Å². The summed E-state index contributed by atoms with van der Waals surface area (Å²) in [6.45, 7) is 14.9. The van der Waals surface area contributed by atoms with Gasteiger partial charge in [0.2, 0.25) is 10.0 Å². The Labute approximate surface area is 113 Å². The third-order valence-corrected chi connectivity index (χ3v) is 5.18. The van der Waals surface area contributed by atoms with Crippen molar-refractivity contribution in [1.82, 2.24) is 9.62 Å². The summed E-state index contributed by atoms with van der Waals surface area (Å²) in [5, 5.41) is 2.80. The molecule has 0 heterocycles. The summed E-state index contributed by atoms with van der Waals surface area (Å²) in [6, 6.07) is 0.319. The molecule has 0 spiro atoms. The van der Waals surface area contributed by atoms with Gasteiger partial charge in [0.05, 0.1) is 5.25 Å². The highest BCUT2D eigenvalue weighted by atomic mass is 32.2. The number of nitrogens with zero attached hydrogens (tertiary/aromatic N) is 1. The Bertz CT molecular complexity index is 324. The van der Waals surface area contributed by atoms with Gasteiger partial charge in [-0.3, -0.25) is 0 Å².